The highest BCUT2D eigenvalue weighted by Crippen LogP contribution is 2.33. The van der Waals surface area contributed by atoms with Gasteiger partial charge >= 0.3 is 0 Å². The third-order valence-corrected chi connectivity index (χ3v) is 3.09. The number of fused-ring (bicyclic) bond motifs is 1. The molecule has 1 nitrogen and oxygen atoms in total. The average Bonchev–Trinajstić information content (AvgIpc) is 2.77. The molecule has 0 atom stereocenters. The van der Waals surface area contributed by atoms with Crippen molar-refractivity contribution in [2.75, 3.05) is 6.61 Å². The van der Waals surface area contributed by atoms with Gasteiger partial charge in [-0.15, -0.1) is 0 Å². The molecular formula is C15H13FO. The molecule has 0 aromatic heterocycles. The largest absolute Gasteiger partial charge is 0.490 e. The number of halogens is 1. The number of aryl methyl sites for hydroxylation is 1. The monoisotopic (exact) mass is 228 g/mol. The third kappa shape index (κ3) is 1.80. The maximum absolute atomic E-state index is 13.8. The second-order valence-corrected chi connectivity index (χ2v) is 4.41. The second kappa shape index (κ2) is 3.88. The van der Waals surface area contributed by atoms with E-state index in [0.29, 0.717) is 12.4 Å². The van der Waals surface area contributed by atoms with Crippen molar-refractivity contribution in [3.8, 4) is 16.9 Å². The summed E-state index contributed by atoms with van der Waals surface area (Å²) in [4.78, 5) is 0. The summed E-state index contributed by atoms with van der Waals surface area (Å²) in [7, 11) is 0. The zero-order chi connectivity index (χ0) is 11.8. The maximum Gasteiger partial charge on any atom is 0.165 e. The van der Waals surface area contributed by atoms with E-state index in [2.05, 4.69) is 6.07 Å². The molecule has 86 valence electrons. The van der Waals surface area contributed by atoms with Gasteiger partial charge in [0.15, 0.2) is 11.6 Å². The van der Waals surface area contributed by atoms with Crippen molar-refractivity contribution >= 4 is 0 Å². The van der Waals surface area contributed by atoms with Gasteiger partial charge in [-0.3, -0.25) is 0 Å². The molecule has 0 unspecified atom stereocenters. The Kier molecular flexibility index (Phi) is 2.36. The Bertz CT molecular complexity index is 575. The zero-order valence-corrected chi connectivity index (χ0v) is 9.66. The van der Waals surface area contributed by atoms with Crippen molar-refractivity contribution in [1.29, 1.82) is 0 Å². The molecule has 0 bridgehead atoms. The number of ether oxygens (including phenoxy) is 1. The van der Waals surface area contributed by atoms with Gasteiger partial charge in [0.1, 0.15) is 0 Å². The predicted octanol–water partition coefficient (Wildman–Crippen LogP) is 3.74. The first kappa shape index (κ1) is 10.3. The van der Waals surface area contributed by atoms with Crippen molar-refractivity contribution in [2.45, 2.75) is 13.3 Å². The second-order valence-electron chi connectivity index (χ2n) is 4.41. The molecule has 0 N–H and O–H groups in total. The molecule has 0 saturated heterocycles. The number of hydrogen-bond acceptors (Lipinski definition) is 1. The van der Waals surface area contributed by atoms with E-state index in [1.54, 1.807) is 6.07 Å². The summed E-state index contributed by atoms with van der Waals surface area (Å²) in [6.07, 6.45) is 0.798. The summed E-state index contributed by atoms with van der Waals surface area (Å²) in [6, 6.07) is 11.7. The molecule has 3 rings (SSSR count). The SMILES string of the molecule is Cc1cccc(-c2cc(F)c3c(c2)CCO3)c1. The molecule has 1 aliphatic heterocycles. The van der Waals surface area contributed by atoms with Gasteiger partial charge in [0.25, 0.3) is 0 Å². The normalized spacial score (nSPS) is 13.3. The van der Waals surface area contributed by atoms with Gasteiger partial charge in [0.2, 0.25) is 0 Å². The lowest BCUT2D eigenvalue weighted by Gasteiger charge is -2.06. The van der Waals surface area contributed by atoms with Crippen LogP contribution in [-0.2, 0) is 6.42 Å². The molecule has 2 aromatic carbocycles. The lowest BCUT2D eigenvalue weighted by molar-refractivity contribution is 0.339. The van der Waals surface area contributed by atoms with Crippen LogP contribution in [0.5, 0.6) is 5.75 Å². The Morgan fingerprint density at radius 1 is 1.12 bits per heavy atom. The highest BCUT2D eigenvalue weighted by molar-refractivity contribution is 5.67. The van der Waals surface area contributed by atoms with E-state index in [-0.39, 0.29) is 5.82 Å². The molecule has 2 heteroatoms. The topological polar surface area (TPSA) is 9.23 Å². The molecule has 0 radical (unpaired) electrons. The van der Waals surface area contributed by atoms with Crippen molar-refractivity contribution in [3.05, 3.63) is 53.3 Å². The van der Waals surface area contributed by atoms with Gasteiger partial charge in [-0.1, -0.05) is 29.8 Å². The fourth-order valence-corrected chi connectivity index (χ4v) is 2.25. The van der Waals surface area contributed by atoms with Crippen LogP contribution < -0.4 is 4.74 Å². The molecule has 2 aromatic rings. The smallest absolute Gasteiger partial charge is 0.165 e. The first-order valence-electron chi connectivity index (χ1n) is 5.76. The number of benzene rings is 2. The Morgan fingerprint density at radius 3 is 2.82 bits per heavy atom. The Balaban J connectivity index is 2.13. The lowest BCUT2D eigenvalue weighted by atomic mass is 10.0. The van der Waals surface area contributed by atoms with E-state index in [0.717, 1.165) is 23.1 Å². The van der Waals surface area contributed by atoms with Crippen LogP contribution in [0, 0.1) is 12.7 Å². The van der Waals surface area contributed by atoms with Crippen molar-refractivity contribution in [1.82, 2.24) is 0 Å². The van der Waals surface area contributed by atoms with Gasteiger partial charge in [0, 0.05) is 12.0 Å². The summed E-state index contributed by atoms with van der Waals surface area (Å²) in [5.74, 6) is 0.179. The van der Waals surface area contributed by atoms with E-state index in [1.807, 2.05) is 31.2 Å². The van der Waals surface area contributed by atoms with Gasteiger partial charge in [0.05, 0.1) is 6.61 Å². The number of rotatable bonds is 1. The minimum atomic E-state index is -0.253. The standard InChI is InChI=1S/C15H13FO/c1-10-3-2-4-11(7-10)13-8-12-5-6-17-15(12)14(16)9-13/h2-4,7-9H,5-6H2,1H3. The van der Waals surface area contributed by atoms with Gasteiger partial charge in [-0.25, -0.2) is 4.39 Å². The maximum atomic E-state index is 13.8. The summed E-state index contributed by atoms with van der Waals surface area (Å²) < 4.78 is 19.1. The Hall–Kier alpha value is -1.83. The van der Waals surface area contributed by atoms with Crippen molar-refractivity contribution in [3.63, 3.8) is 0 Å². The van der Waals surface area contributed by atoms with Crippen molar-refractivity contribution < 1.29 is 9.13 Å². The third-order valence-electron chi connectivity index (χ3n) is 3.09. The quantitative estimate of drug-likeness (QED) is 0.722. The lowest BCUT2D eigenvalue weighted by Crippen LogP contribution is -1.89. The number of hydrogen-bond donors (Lipinski definition) is 0. The van der Waals surface area contributed by atoms with E-state index in [9.17, 15) is 4.39 Å². The van der Waals surface area contributed by atoms with E-state index >= 15 is 0 Å². The molecule has 17 heavy (non-hydrogen) atoms. The van der Waals surface area contributed by atoms with Gasteiger partial charge in [-0.05, 0) is 30.2 Å². The van der Waals surface area contributed by atoms with Crippen LogP contribution in [0.4, 0.5) is 4.39 Å². The highest BCUT2D eigenvalue weighted by atomic mass is 19.1. The molecule has 1 heterocycles. The first-order chi connectivity index (χ1) is 8.24. The van der Waals surface area contributed by atoms with E-state index in [1.165, 1.54) is 5.56 Å². The molecule has 0 spiro atoms. The van der Waals surface area contributed by atoms with Crippen LogP contribution >= 0.6 is 0 Å². The molecule has 0 amide bonds. The minimum absolute atomic E-state index is 0.253. The summed E-state index contributed by atoms with van der Waals surface area (Å²) in [6.45, 7) is 2.62. The van der Waals surface area contributed by atoms with Gasteiger partial charge < -0.3 is 4.74 Å². The highest BCUT2D eigenvalue weighted by Gasteiger charge is 2.18. The summed E-state index contributed by atoms with van der Waals surface area (Å²) in [5, 5.41) is 0. The fraction of sp³-hybridized carbons (Fsp3) is 0.200. The fourth-order valence-electron chi connectivity index (χ4n) is 2.25. The van der Waals surface area contributed by atoms with Crippen LogP contribution in [0.2, 0.25) is 0 Å². The average molecular weight is 228 g/mol. The van der Waals surface area contributed by atoms with Crippen LogP contribution in [0.25, 0.3) is 11.1 Å². The molecule has 0 saturated carbocycles. The predicted molar refractivity (Wildman–Crippen MR) is 65.8 cm³/mol. The molecule has 0 fully saturated rings. The Morgan fingerprint density at radius 2 is 2.00 bits per heavy atom. The summed E-state index contributed by atoms with van der Waals surface area (Å²) in [5.41, 5.74) is 4.13. The van der Waals surface area contributed by atoms with Gasteiger partial charge in [-0.2, -0.15) is 0 Å². The van der Waals surface area contributed by atoms with Crippen molar-refractivity contribution in [2.24, 2.45) is 0 Å². The van der Waals surface area contributed by atoms with Crippen LogP contribution in [0.1, 0.15) is 11.1 Å². The first-order valence-corrected chi connectivity index (χ1v) is 5.76. The molecule has 0 aliphatic carbocycles. The van der Waals surface area contributed by atoms with Crippen LogP contribution in [0.3, 0.4) is 0 Å². The summed E-state index contributed by atoms with van der Waals surface area (Å²) >= 11 is 0. The van der Waals surface area contributed by atoms with Crippen LogP contribution in [0.15, 0.2) is 36.4 Å². The van der Waals surface area contributed by atoms with E-state index < -0.39 is 0 Å². The molecule has 1 aliphatic rings. The van der Waals surface area contributed by atoms with E-state index in [4.69, 9.17) is 4.74 Å². The minimum Gasteiger partial charge on any atom is -0.490 e. The Labute approximate surface area is 99.9 Å². The molecular weight excluding hydrogens is 215 g/mol. The van der Waals surface area contributed by atoms with Crippen LogP contribution in [-0.4, -0.2) is 6.61 Å². The zero-order valence-electron chi connectivity index (χ0n) is 9.66.